The summed E-state index contributed by atoms with van der Waals surface area (Å²) in [6.07, 6.45) is -0.614. The van der Waals surface area contributed by atoms with E-state index in [0.29, 0.717) is 17.2 Å². The molecule has 26 heavy (non-hydrogen) atoms. The highest BCUT2D eigenvalue weighted by atomic mass is 79.9. The molecule has 0 aliphatic carbocycles. The van der Waals surface area contributed by atoms with Crippen molar-refractivity contribution in [3.05, 3.63) is 83.3 Å². The van der Waals surface area contributed by atoms with Gasteiger partial charge in [0.05, 0.1) is 0 Å². The number of hydrogen-bond acceptors (Lipinski definition) is 3. The van der Waals surface area contributed by atoms with E-state index in [2.05, 4.69) is 21.2 Å². The van der Waals surface area contributed by atoms with Crippen LogP contribution in [0, 0.1) is 0 Å². The van der Waals surface area contributed by atoms with E-state index in [1.807, 2.05) is 66.7 Å². The fourth-order valence-electron chi connectivity index (χ4n) is 2.25. The summed E-state index contributed by atoms with van der Waals surface area (Å²) in [7, 11) is 0. The minimum absolute atomic E-state index is 0.218. The van der Waals surface area contributed by atoms with Crippen molar-refractivity contribution in [1.82, 2.24) is 0 Å². The number of rotatable bonds is 6. The molecule has 3 rings (SSSR count). The van der Waals surface area contributed by atoms with Crippen LogP contribution >= 0.6 is 15.9 Å². The predicted molar refractivity (Wildman–Crippen MR) is 106 cm³/mol. The van der Waals surface area contributed by atoms with Gasteiger partial charge in [0.15, 0.2) is 6.10 Å². The third-order valence-corrected chi connectivity index (χ3v) is 4.13. The van der Waals surface area contributed by atoms with Gasteiger partial charge in [0, 0.05) is 10.2 Å². The summed E-state index contributed by atoms with van der Waals surface area (Å²) in [5, 5.41) is 2.84. The number of anilines is 1. The normalized spacial score (nSPS) is 11.5. The van der Waals surface area contributed by atoms with Gasteiger partial charge in [0.2, 0.25) is 0 Å². The Bertz CT molecular complexity index is 849. The highest BCUT2D eigenvalue weighted by Gasteiger charge is 2.15. The quantitative estimate of drug-likeness (QED) is 0.570. The molecule has 132 valence electrons. The van der Waals surface area contributed by atoms with Crippen molar-refractivity contribution in [2.75, 3.05) is 5.32 Å². The lowest BCUT2D eigenvalue weighted by molar-refractivity contribution is -0.122. The third kappa shape index (κ3) is 5.10. The Balaban J connectivity index is 1.56. The number of para-hydroxylation sites is 1. The maximum absolute atomic E-state index is 12.3. The zero-order valence-corrected chi connectivity index (χ0v) is 15.8. The van der Waals surface area contributed by atoms with Gasteiger partial charge in [0.1, 0.15) is 17.2 Å². The molecule has 0 saturated heterocycles. The molecular weight excluding hydrogens is 394 g/mol. The van der Waals surface area contributed by atoms with Crippen molar-refractivity contribution in [2.45, 2.75) is 13.0 Å². The van der Waals surface area contributed by atoms with Crippen LogP contribution in [-0.2, 0) is 4.79 Å². The van der Waals surface area contributed by atoms with Gasteiger partial charge in [-0.25, -0.2) is 0 Å². The predicted octanol–water partition coefficient (Wildman–Crippen LogP) is 5.65. The monoisotopic (exact) mass is 411 g/mol. The molecule has 0 bridgehead atoms. The van der Waals surface area contributed by atoms with Gasteiger partial charge >= 0.3 is 0 Å². The first-order valence-corrected chi connectivity index (χ1v) is 8.95. The molecule has 1 N–H and O–H groups in total. The van der Waals surface area contributed by atoms with Gasteiger partial charge < -0.3 is 14.8 Å². The van der Waals surface area contributed by atoms with Crippen LogP contribution in [0.25, 0.3) is 0 Å². The van der Waals surface area contributed by atoms with E-state index >= 15 is 0 Å². The number of carbonyl (C=O) groups excluding carboxylic acids is 1. The lowest BCUT2D eigenvalue weighted by Gasteiger charge is -2.15. The summed E-state index contributed by atoms with van der Waals surface area (Å²) in [6, 6.07) is 24.1. The van der Waals surface area contributed by atoms with Crippen LogP contribution in [-0.4, -0.2) is 12.0 Å². The zero-order chi connectivity index (χ0) is 18.4. The van der Waals surface area contributed by atoms with Gasteiger partial charge in [-0.15, -0.1) is 0 Å². The Morgan fingerprint density at radius 1 is 0.846 bits per heavy atom. The molecule has 0 aliphatic rings. The first-order chi connectivity index (χ1) is 12.6. The van der Waals surface area contributed by atoms with Gasteiger partial charge in [-0.3, -0.25) is 4.79 Å². The molecule has 0 unspecified atom stereocenters. The summed E-state index contributed by atoms with van der Waals surface area (Å²) in [5.41, 5.74) is 0.682. The summed E-state index contributed by atoms with van der Waals surface area (Å²) < 4.78 is 12.3. The topological polar surface area (TPSA) is 47.6 Å². The van der Waals surface area contributed by atoms with Crippen molar-refractivity contribution in [2.24, 2.45) is 0 Å². The van der Waals surface area contributed by atoms with E-state index in [-0.39, 0.29) is 5.91 Å². The number of amides is 1. The molecule has 0 aromatic heterocycles. The summed E-state index contributed by atoms with van der Waals surface area (Å²) in [6.45, 7) is 1.71. The first-order valence-electron chi connectivity index (χ1n) is 8.16. The highest BCUT2D eigenvalue weighted by Crippen LogP contribution is 2.23. The number of nitrogens with one attached hydrogen (secondary N) is 1. The van der Waals surface area contributed by atoms with Crippen LogP contribution in [0.15, 0.2) is 83.3 Å². The molecule has 5 heteroatoms. The second-order valence-corrected chi connectivity index (χ2v) is 6.56. The molecule has 0 radical (unpaired) electrons. The second kappa shape index (κ2) is 8.54. The molecule has 0 heterocycles. The number of ether oxygens (including phenoxy) is 2. The first kappa shape index (κ1) is 18.0. The lowest BCUT2D eigenvalue weighted by Crippen LogP contribution is -2.30. The molecule has 0 spiro atoms. The highest BCUT2D eigenvalue weighted by molar-refractivity contribution is 9.10. The molecule has 0 fully saturated rings. The van der Waals surface area contributed by atoms with Gasteiger partial charge in [-0.1, -0.05) is 34.1 Å². The van der Waals surface area contributed by atoms with E-state index in [9.17, 15) is 4.79 Å². The smallest absolute Gasteiger partial charge is 0.265 e. The van der Waals surface area contributed by atoms with E-state index in [4.69, 9.17) is 9.47 Å². The average Bonchev–Trinajstić information content (AvgIpc) is 2.66. The number of benzene rings is 3. The van der Waals surface area contributed by atoms with Gasteiger partial charge in [0.25, 0.3) is 5.91 Å². The van der Waals surface area contributed by atoms with Gasteiger partial charge in [-0.2, -0.15) is 0 Å². The molecule has 0 aliphatic heterocycles. The lowest BCUT2D eigenvalue weighted by atomic mass is 10.2. The van der Waals surface area contributed by atoms with Crippen molar-refractivity contribution < 1.29 is 14.3 Å². The molecule has 1 amide bonds. The Morgan fingerprint density at radius 2 is 1.42 bits per heavy atom. The van der Waals surface area contributed by atoms with E-state index in [0.717, 1.165) is 10.2 Å². The number of carbonyl (C=O) groups is 1. The molecular formula is C21H18BrNO3. The maximum Gasteiger partial charge on any atom is 0.265 e. The molecule has 0 saturated carbocycles. The number of hydrogen-bond donors (Lipinski definition) is 1. The van der Waals surface area contributed by atoms with Crippen LogP contribution in [0.4, 0.5) is 5.69 Å². The van der Waals surface area contributed by atoms with Crippen molar-refractivity contribution >= 4 is 27.5 Å². The minimum atomic E-state index is -0.614. The maximum atomic E-state index is 12.3. The molecule has 3 aromatic rings. The second-order valence-electron chi connectivity index (χ2n) is 5.64. The van der Waals surface area contributed by atoms with Crippen molar-refractivity contribution in [3.8, 4) is 17.2 Å². The Labute approximate surface area is 160 Å². The van der Waals surface area contributed by atoms with Crippen LogP contribution in [0.3, 0.4) is 0 Å². The largest absolute Gasteiger partial charge is 0.481 e. The van der Waals surface area contributed by atoms with Crippen molar-refractivity contribution in [1.29, 1.82) is 0 Å². The van der Waals surface area contributed by atoms with Crippen LogP contribution in [0.1, 0.15) is 6.92 Å². The number of halogens is 1. The zero-order valence-electron chi connectivity index (χ0n) is 14.2. The standard InChI is InChI=1S/C21H18BrNO3/c1-15(25-19-11-7-16(22)8-12-19)21(24)23-17-9-13-20(14-10-17)26-18-5-3-2-4-6-18/h2-15H,1H3,(H,23,24)/t15-/m0/s1. The van der Waals surface area contributed by atoms with Crippen LogP contribution < -0.4 is 14.8 Å². The summed E-state index contributed by atoms with van der Waals surface area (Å²) in [4.78, 5) is 12.3. The Morgan fingerprint density at radius 3 is 2.08 bits per heavy atom. The Kier molecular flexibility index (Phi) is 5.92. The fraction of sp³-hybridized carbons (Fsp3) is 0.0952. The van der Waals surface area contributed by atoms with E-state index < -0.39 is 6.10 Å². The Hall–Kier alpha value is -2.79. The van der Waals surface area contributed by atoms with Crippen molar-refractivity contribution in [3.63, 3.8) is 0 Å². The minimum Gasteiger partial charge on any atom is -0.481 e. The molecule has 1 atom stereocenters. The third-order valence-electron chi connectivity index (χ3n) is 3.60. The average molecular weight is 412 g/mol. The van der Waals surface area contributed by atoms with E-state index in [1.54, 1.807) is 19.1 Å². The molecule has 4 nitrogen and oxygen atoms in total. The van der Waals surface area contributed by atoms with Crippen LogP contribution in [0.2, 0.25) is 0 Å². The summed E-state index contributed by atoms with van der Waals surface area (Å²) >= 11 is 3.37. The summed E-state index contributed by atoms with van der Waals surface area (Å²) in [5.74, 6) is 1.89. The fourth-order valence-corrected chi connectivity index (χ4v) is 2.51. The van der Waals surface area contributed by atoms with E-state index in [1.165, 1.54) is 0 Å². The SMILES string of the molecule is C[C@H](Oc1ccc(Br)cc1)C(=O)Nc1ccc(Oc2ccccc2)cc1. The molecule has 3 aromatic carbocycles. The van der Waals surface area contributed by atoms with Gasteiger partial charge in [-0.05, 0) is 67.6 Å². The van der Waals surface area contributed by atoms with Crippen LogP contribution in [0.5, 0.6) is 17.2 Å².